The molecule has 15 heteroatoms. The largest absolute Gasteiger partial charge is 0.432 e. The Bertz CT molecular complexity index is 1340. The number of pyridine rings is 1. The van der Waals surface area contributed by atoms with Gasteiger partial charge in [0, 0.05) is 36.0 Å². The zero-order valence-electron chi connectivity index (χ0n) is 19.8. The Morgan fingerprint density at radius 3 is 2.05 bits per heavy atom. The van der Waals surface area contributed by atoms with Crippen LogP contribution in [0, 0.1) is 0 Å². The molecule has 0 bridgehead atoms. The summed E-state index contributed by atoms with van der Waals surface area (Å²) in [6.07, 6.45) is -5.01. The standard InChI is InChI=1S/C22H14Cl2F9N3.C2H5N/c1-19(25,26)20(27,22(31,32)33)13-5-15(21(28,29)30)17(16(23)6-13)36-9-12(8-35-36)11-4-14(10-2-3-10)18(24)34-7-11;1-2-3/h4-10H,2-3H2,1H3;2H,1,3H2. The van der Waals surface area contributed by atoms with Crippen LogP contribution in [-0.2, 0) is 11.8 Å². The lowest BCUT2D eigenvalue weighted by Crippen LogP contribution is -2.51. The van der Waals surface area contributed by atoms with Crippen molar-refractivity contribution in [1.82, 2.24) is 14.8 Å². The Kier molecular flexibility index (Phi) is 8.29. The second-order valence-electron chi connectivity index (χ2n) is 8.68. The Labute approximate surface area is 226 Å². The van der Waals surface area contributed by atoms with Gasteiger partial charge in [0.05, 0.1) is 22.5 Å². The molecular formula is C24H19Cl2F9N4. The second-order valence-corrected chi connectivity index (χ2v) is 9.45. The van der Waals surface area contributed by atoms with Crippen LogP contribution < -0.4 is 5.73 Å². The van der Waals surface area contributed by atoms with Gasteiger partial charge in [-0.15, -0.1) is 0 Å². The first kappa shape index (κ1) is 30.6. The molecular weight excluding hydrogens is 586 g/mol. The van der Waals surface area contributed by atoms with E-state index in [1.807, 2.05) is 0 Å². The smallest absolute Gasteiger partial charge is 0.405 e. The van der Waals surface area contributed by atoms with Gasteiger partial charge in [-0.1, -0.05) is 29.8 Å². The molecule has 212 valence electrons. The lowest BCUT2D eigenvalue weighted by Gasteiger charge is -2.34. The summed E-state index contributed by atoms with van der Waals surface area (Å²) in [6.45, 7) is 2.76. The number of alkyl halides is 9. The topological polar surface area (TPSA) is 56.7 Å². The number of benzene rings is 1. The lowest BCUT2D eigenvalue weighted by molar-refractivity contribution is -0.304. The minimum absolute atomic E-state index is 0.0907. The van der Waals surface area contributed by atoms with E-state index in [0.29, 0.717) is 10.2 Å². The maximum atomic E-state index is 14.8. The van der Waals surface area contributed by atoms with E-state index >= 15 is 0 Å². The summed E-state index contributed by atoms with van der Waals surface area (Å²) in [5.74, 6) is -4.93. The monoisotopic (exact) mass is 604 g/mol. The predicted octanol–water partition coefficient (Wildman–Crippen LogP) is 8.61. The molecule has 4 nitrogen and oxygen atoms in total. The van der Waals surface area contributed by atoms with Crippen LogP contribution in [0.1, 0.15) is 42.4 Å². The Morgan fingerprint density at radius 1 is 0.974 bits per heavy atom. The van der Waals surface area contributed by atoms with Gasteiger partial charge >= 0.3 is 12.4 Å². The van der Waals surface area contributed by atoms with Crippen molar-refractivity contribution in [2.45, 2.75) is 49.6 Å². The number of halogens is 11. The molecule has 1 saturated carbocycles. The predicted molar refractivity (Wildman–Crippen MR) is 128 cm³/mol. The van der Waals surface area contributed by atoms with Crippen LogP contribution in [0.5, 0.6) is 0 Å². The highest BCUT2D eigenvalue weighted by atomic mass is 35.5. The Hall–Kier alpha value is -2.93. The number of aromatic nitrogens is 3. The van der Waals surface area contributed by atoms with Crippen molar-refractivity contribution in [3.63, 3.8) is 0 Å². The van der Waals surface area contributed by atoms with Gasteiger partial charge in [0.2, 0.25) is 0 Å². The molecule has 1 atom stereocenters. The number of nitrogens with zero attached hydrogens (tertiary/aromatic N) is 3. The molecule has 1 fully saturated rings. The van der Waals surface area contributed by atoms with Crippen molar-refractivity contribution < 1.29 is 39.5 Å². The zero-order valence-corrected chi connectivity index (χ0v) is 21.3. The molecule has 0 radical (unpaired) electrons. The number of rotatable bonds is 5. The summed E-state index contributed by atoms with van der Waals surface area (Å²) in [7, 11) is 0. The van der Waals surface area contributed by atoms with Gasteiger partial charge in [-0.05, 0) is 48.7 Å². The van der Waals surface area contributed by atoms with Crippen molar-refractivity contribution in [1.29, 1.82) is 0 Å². The Morgan fingerprint density at radius 2 is 1.56 bits per heavy atom. The first-order chi connectivity index (χ1) is 17.9. The minimum Gasteiger partial charge on any atom is -0.405 e. The molecule has 39 heavy (non-hydrogen) atoms. The van der Waals surface area contributed by atoms with Crippen molar-refractivity contribution in [2.75, 3.05) is 0 Å². The molecule has 0 aliphatic heterocycles. The summed E-state index contributed by atoms with van der Waals surface area (Å²) in [6, 6.07) is 1.45. The molecule has 1 aliphatic carbocycles. The summed E-state index contributed by atoms with van der Waals surface area (Å²) in [4.78, 5) is 4.06. The quantitative estimate of drug-likeness (QED) is 0.234. The summed E-state index contributed by atoms with van der Waals surface area (Å²) >= 11 is 12.0. The molecule has 2 N–H and O–H groups in total. The molecule has 3 aromatic rings. The molecule has 0 spiro atoms. The molecule has 2 aromatic heterocycles. The average Bonchev–Trinajstić information content (AvgIpc) is 3.53. The third kappa shape index (κ3) is 5.98. The van der Waals surface area contributed by atoms with Crippen LogP contribution in [0.15, 0.2) is 49.6 Å². The summed E-state index contributed by atoms with van der Waals surface area (Å²) in [5, 5.41) is 3.01. The van der Waals surface area contributed by atoms with Gasteiger partial charge in [0.25, 0.3) is 11.6 Å². The highest BCUT2D eigenvalue weighted by molar-refractivity contribution is 6.32. The van der Waals surface area contributed by atoms with E-state index in [2.05, 4.69) is 22.4 Å². The second kappa shape index (κ2) is 10.6. The molecule has 0 saturated heterocycles. The first-order valence-corrected chi connectivity index (χ1v) is 11.7. The molecule has 1 unspecified atom stereocenters. The van der Waals surface area contributed by atoms with Crippen LogP contribution >= 0.6 is 23.2 Å². The Balaban J connectivity index is 0.00000134. The van der Waals surface area contributed by atoms with Crippen LogP contribution in [0.2, 0.25) is 10.2 Å². The minimum atomic E-state index is -6.25. The van der Waals surface area contributed by atoms with Gasteiger partial charge in [-0.2, -0.15) is 31.4 Å². The highest BCUT2D eigenvalue weighted by Gasteiger charge is 2.70. The van der Waals surface area contributed by atoms with E-state index in [0.717, 1.165) is 30.8 Å². The van der Waals surface area contributed by atoms with Crippen molar-refractivity contribution in [2.24, 2.45) is 5.73 Å². The fourth-order valence-electron chi connectivity index (χ4n) is 3.81. The third-order valence-electron chi connectivity index (χ3n) is 5.79. The number of hydrogen-bond donors (Lipinski definition) is 1. The van der Waals surface area contributed by atoms with Crippen molar-refractivity contribution >= 4 is 23.2 Å². The van der Waals surface area contributed by atoms with E-state index in [9.17, 15) is 39.5 Å². The zero-order chi connectivity index (χ0) is 29.6. The van der Waals surface area contributed by atoms with E-state index < -0.39 is 45.8 Å². The first-order valence-electron chi connectivity index (χ1n) is 10.9. The highest BCUT2D eigenvalue weighted by Crippen LogP contribution is 2.54. The molecule has 1 aromatic carbocycles. The normalized spacial score (nSPS) is 15.8. The van der Waals surface area contributed by atoms with Gasteiger partial charge in [-0.3, -0.25) is 0 Å². The molecule has 1 aliphatic rings. The lowest BCUT2D eigenvalue weighted by atomic mass is 9.87. The maximum Gasteiger partial charge on any atom is 0.432 e. The number of nitrogens with two attached hydrogens (primary N) is 1. The van der Waals surface area contributed by atoms with Gasteiger partial charge in [0.1, 0.15) is 5.15 Å². The van der Waals surface area contributed by atoms with E-state index in [-0.39, 0.29) is 35.7 Å². The van der Waals surface area contributed by atoms with Gasteiger partial charge in [0.15, 0.2) is 0 Å². The van der Waals surface area contributed by atoms with Crippen molar-refractivity contribution in [3.05, 3.63) is 76.4 Å². The molecule has 4 rings (SSSR count). The van der Waals surface area contributed by atoms with Crippen LogP contribution in [-0.4, -0.2) is 26.9 Å². The van der Waals surface area contributed by atoms with Crippen LogP contribution in [0.4, 0.5) is 39.5 Å². The fourth-order valence-corrected chi connectivity index (χ4v) is 4.37. The van der Waals surface area contributed by atoms with E-state index in [4.69, 9.17) is 23.2 Å². The van der Waals surface area contributed by atoms with E-state index in [1.54, 1.807) is 6.07 Å². The summed E-state index contributed by atoms with van der Waals surface area (Å²) in [5.41, 5.74) is -4.22. The average molecular weight is 605 g/mol. The fraction of sp³-hybridized carbons (Fsp3) is 0.333. The SMILES string of the molecule is C=CN.CC(F)(F)C(F)(c1cc(Cl)c(-n2cc(-c3cnc(Cl)c(C4CC4)c3)cn2)c(C(F)(F)F)c1)C(F)(F)F. The summed E-state index contributed by atoms with van der Waals surface area (Å²) < 4.78 is 125. The van der Waals surface area contributed by atoms with Gasteiger partial charge < -0.3 is 5.73 Å². The maximum absolute atomic E-state index is 14.8. The van der Waals surface area contributed by atoms with E-state index in [1.165, 1.54) is 12.4 Å². The molecule has 0 amide bonds. The number of hydrogen-bond acceptors (Lipinski definition) is 3. The third-order valence-corrected chi connectivity index (χ3v) is 6.39. The van der Waals surface area contributed by atoms with Crippen LogP contribution in [0.25, 0.3) is 16.8 Å². The van der Waals surface area contributed by atoms with Gasteiger partial charge in [-0.25, -0.2) is 22.8 Å². The molecule has 2 heterocycles. The van der Waals surface area contributed by atoms with Crippen LogP contribution in [0.3, 0.4) is 0 Å². The van der Waals surface area contributed by atoms with Crippen molar-refractivity contribution in [3.8, 4) is 16.8 Å².